The van der Waals surface area contributed by atoms with Crippen molar-refractivity contribution in [3.05, 3.63) is 28.2 Å². The molecule has 0 unspecified atom stereocenters. The summed E-state index contributed by atoms with van der Waals surface area (Å²) < 4.78 is 5.99. The smallest absolute Gasteiger partial charge is 0.261 e. The molecule has 0 aliphatic heterocycles. The van der Waals surface area contributed by atoms with Crippen LogP contribution in [-0.2, 0) is 0 Å². The van der Waals surface area contributed by atoms with Crippen molar-refractivity contribution in [1.82, 2.24) is 10.1 Å². The number of halogens is 1. The maximum absolute atomic E-state index is 5.38. The Labute approximate surface area is 89.2 Å². The van der Waals surface area contributed by atoms with Gasteiger partial charge in [-0.15, -0.1) is 0 Å². The molecule has 2 N–H and O–H groups in total. The van der Waals surface area contributed by atoms with E-state index in [-0.39, 0.29) is 5.95 Å². The van der Waals surface area contributed by atoms with E-state index in [0.29, 0.717) is 5.89 Å². The van der Waals surface area contributed by atoms with Crippen molar-refractivity contribution in [3.63, 3.8) is 0 Å². The van der Waals surface area contributed by atoms with Crippen molar-refractivity contribution >= 4 is 21.9 Å². The molecule has 0 amide bonds. The Balaban J connectivity index is 2.57. The van der Waals surface area contributed by atoms with Crippen LogP contribution in [-0.4, -0.2) is 10.1 Å². The summed E-state index contributed by atoms with van der Waals surface area (Å²) in [5, 5.41) is 3.54. The van der Waals surface area contributed by atoms with Gasteiger partial charge in [-0.2, -0.15) is 4.98 Å². The largest absolute Gasteiger partial charge is 0.365 e. The van der Waals surface area contributed by atoms with Crippen LogP contribution in [0.5, 0.6) is 0 Å². The van der Waals surface area contributed by atoms with E-state index in [1.807, 2.05) is 25.1 Å². The SMILES string of the molecule is Cc1c(Br)cccc1-c1nc(N)no1. The van der Waals surface area contributed by atoms with Gasteiger partial charge < -0.3 is 10.3 Å². The van der Waals surface area contributed by atoms with Crippen LogP contribution in [0.4, 0.5) is 5.95 Å². The fourth-order valence-corrected chi connectivity index (χ4v) is 1.55. The number of anilines is 1. The summed E-state index contributed by atoms with van der Waals surface area (Å²) in [7, 11) is 0. The molecule has 1 aromatic carbocycles. The Morgan fingerprint density at radius 3 is 2.86 bits per heavy atom. The molecule has 0 spiro atoms. The van der Waals surface area contributed by atoms with Gasteiger partial charge in [0.1, 0.15) is 0 Å². The first-order valence-electron chi connectivity index (χ1n) is 4.03. The molecular formula is C9H8BrN3O. The molecule has 2 aromatic rings. The molecule has 1 heterocycles. The molecule has 5 heteroatoms. The molecule has 1 aromatic heterocycles. The van der Waals surface area contributed by atoms with Crippen LogP contribution in [0, 0.1) is 6.92 Å². The molecule has 0 saturated heterocycles. The lowest BCUT2D eigenvalue weighted by Gasteiger charge is -2.01. The zero-order valence-electron chi connectivity index (χ0n) is 7.49. The van der Waals surface area contributed by atoms with Crippen LogP contribution in [0.3, 0.4) is 0 Å². The molecule has 0 atom stereocenters. The van der Waals surface area contributed by atoms with E-state index >= 15 is 0 Å². The van der Waals surface area contributed by atoms with Crippen molar-refractivity contribution in [1.29, 1.82) is 0 Å². The Kier molecular flexibility index (Phi) is 2.25. The Morgan fingerprint density at radius 1 is 1.43 bits per heavy atom. The predicted octanol–water partition coefficient (Wildman–Crippen LogP) is 2.39. The van der Waals surface area contributed by atoms with Crippen LogP contribution in [0.15, 0.2) is 27.2 Å². The highest BCUT2D eigenvalue weighted by atomic mass is 79.9. The maximum atomic E-state index is 5.38. The second-order valence-electron chi connectivity index (χ2n) is 2.87. The first kappa shape index (κ1) is 9.21. The van der Waals surface area contributed by atoms with Crippen molar-refractivity contribution < 1.29 is 4.52 Å². The van der Waals surface area contributed by atoms with Gasteiger partial charge in [-0.05, 0) is 29.8 Å². The lowest BCUT2D eigenvalue weighted by Crippen LogP contribution is -1.87. The number of nitrogen functional groups attached to an aromatic ring is 1. The number of hydrogen-bond acceptors (Lipinski definition) is 4. The molecule has 2 rings (SSSR count). The van der Waals surface area contributed by atoms with Gasteiger partial charge in [0.15, 0.2) is 0 Å². The van der Waals surface area contributed by atoms with Gasteiger partial charge in [0, 0.05) is 10.0 Å². The highest BCUT2D eigenvalue weighted by molar-refractivity contribution is 9.10. The fraction of sp³-hybridized carbons (Fsp3) is 0.111. The highest BCUT2D eigenvalue weighted by Gasteiger charge is 2.10. The summed E-state index contributed by atoms with van der Waals surface area (Å²) in [4.78, 5) is 3.96. The van der Waals surface area contributed by atoms with Crippen LogP contribution < -0.4 is 5.73 Å². The van der Waals surface area contributed by atoms with Crippen LogP contribution in [0.1, 0.15) is 5.56 Å². The molecule has 14 heavy (non-hydrogen) atoms. The first-order valence-corrected chi connectivity index (χ1v) is 4.82. The number of benzene rings is 1. The summed E-state index contributed by atoms with van der Waals surface area (Å²) >= 11 is 3.43. The quantitative estimate of drug-likeness (QED) is 0.848. The van der Waals surface area contributed by atoms with Gasteiger partial charge in [0.2, 0.25) is 0 Å². The normalized spacial score (nSPS) is 10.4. The second-order valence-corrected chi connectivity index (χ2v) is 3.72. The maximum Gasteiger partial charge on any atom is 0.261 e. The average Bonchev–Trinajstić information content (AvgIpc) is 2.57. The van der Waals surface area contributed by atoms with E-state index in [4.69, 9.17) is 10.3 Å². The first-order chi connectivity index (χ1) is 6.68. The summed E-state index contributed by atoms with van der Waals surface area (Å²) in [6.07, 6.45) is 0. The lowest BCUT2D eigenvalue weighted by atomic mass is 10.1. The van der Waals surface area contributed by atoms with Crippen LogP contribution in [0.25, 0.3) is 11.5 Å². The Hall–Kier alpha value is -1.36. The standard InChI is InChI=1S/C9H8BrN3O/c1-5-6(3-2-4-7(5)10)8-12-9(11)13-14-8/h2-4H,1H3,(H2,11,13). The van der Waals surface area contributed by atoms with Crippen LogP contribution >= 0.6 is 15.9 Å². The summed E-state index contributed by atoms with van der Waals surface area (Å²) in [5.41, 5.74) is 7.32. The van der Waals surface area contributed by atoms with Gasteiger partial charge in [-0.1, -0.05) is 22.0 Å². The van der Waals surface area contributed by atoms with Crippen molar-refractivity contribution in [2.45, 2.75) is 6.92 Å². The van der Waals surface area contributed by atoms with Crippen LogP contribution in [0.2, 0.25) is 0 Å². The molecule has 0 fully saturated rings. The number of aromatic nitrogens is 2. The molecule has 0 saturated carbocycles. The molecular weight excluding hydrogens is 246 g/mol. The topological polar surface area (TPSA) is 64.9 Å². The predicted molar refractivity (Wildman–Crippen MR) is 56.6 cm³/mol. The summed E-state index contributed by atoms with van der Waals surface area (Å²) in [5.74, 6) is 0.598. The van der Waals surface area contributed by atoms with Gasteiger partial charge in [-0.3, -0.25) is 0 Å². The zero-order valence-corrected chi connectivity index (χ0v) is 9.08. The van der Waals surface area contributed by atoms with E-state index < -0.39 is 0 Å². The van der Waals surface area contributed by atoms with E-state index in [0.717, 1.165) is 15.6 Å². The van der Waals surface area contributed by atoms with Gasteiger partial charge in [0.25, 0.3) is 11.8 Å². The van der Waals surface area contributed by atoms with Gasteiger partial charge >= 0.3 is 0 Å². The Morgan fingerprint density at radius 2 is 2.21 bits per heavy atom. The lowest BCUT2D eigenvalue weighted by molar-refractivity contribution is 0.433. The van der Waals surface area contributed by atoms with Gasteiger partial charge in [0.05, 0.1) is 0 Å². The van der Waals surface area contributed by atoms with E-state index in [9.17, 15) is 0 Å². The van der Waals surface area contributed by atoms with Crippen molar-refractivity contribution in [3.8, 4) is 11.5 Å². The minimum atomic E-state index is 0.152. The highest BCUT2D eigenvalue weighted by Crippen LogP contribution is 2.27. The number of nitrogens with two attached hydrogens (primary N) is 1. The molecule has 4 nitrogen and oxygen atoms in total. The van der Waals surface area contributed by atoms with E-state index in [1.54, 1.807) is 0 Å². The van der Waals surface area contributed by atoms with Crippen molar-refractivity contribution in [2.24, 2.45) is 0 Å². The summed E-state index contributed by atoms with van der Waals surface area (Å²) in [6, 6.07) is 5.78. The van der Waals surface area contributed by atoms with E-state index in [1.165, 1.54) is 0 Å². The number of hydrogen-bond donors (Lipinski definition) is 1. The third-order valence-corrected chi connectivity index (χ3v) is 2.80. The Bertz CT molecular complexity index is 467. The molecule has 0 aliphatic rings. The minimum absolute atomic E-state index is 0.152. The van der Waals surface area contributed by atoms with Gasteiger partial charge in [-0.25, -0.2) is 0 Å². The molecule has 0 aliphatic carbocycles. The zero-order chi connectivity index (χ0) is 10.1. The second kappa shape index (κ2) is 3.42. The molecule has 0 bridgehead atoms. The monoisotopic (exact) mass is 253 g/mol. The third kappa shape index (κ3) is 1.50. The average molecular weight is 254 g/mol. The number of rotatable bonds is 1. The minimum Gasteiger partial charge on any atom is -0.365 e. The molecule has 72 valence electrons. The summed E-state index contributed by atoms with van der Waals surface area (Å²) in [6.45, 7) is 1.97. The number of nitrogens with zero attached hydrogens (tertiary/aromatic N) is 2. The third-order valence-electron chi connectivity index (χ3n) is 1.94. The van der Waals surface area contributed by atoms with E-state index in [2.05, 4.69) is 26.1 Å². The molecule has 0 radical (unpaired) electrons. The van der Waals surface area contributed by atoms with Crippen molar-refractivity contribution in [2.75, 3.05) is 5.73 Å². The fourth-order valence-electron chi connectivity index (χ4n) is 1.18.